The van der Waals surface area contributed by atoms with Gasteiger partial charge in [0.15, 0.2) is 22.5 Å². The predicted molar refractivity (Wildman–Crippen MR) is 135 cm³/mol. The number of nitrogens with one attached hydrogen (secondary N) is 1. The van der Waals surface area contributed by atoms with E-state index in [2.05, 4.69) is 10.3 Å². The maximum absolute atomic E-state index is 14.6. The summed E-state index contributed by atoms with van der Waals surface area (Å²) in [5, 5.41) is 5.69. The average molecular weight is 533 g/mol. The van der Waals surface area contributed by atoms with Crippen LogP contribution in [0.1, 0.15) is 55.8 Å². The Balaban J connectivity index is 1.74. The van der Waals surface area contributed by atoms with Crippen LogP contribution in [0.3, 0.4) is 0 Å². The molecule has 1 fully saturated rings. The lowest BCUT2D eigenvalue weighted by Crippen LogP contribution is -2.44. The van der Waals surface area contributed by atoms with E-state index in [0.29, 0.717) is 48.0 Å². The molecule has 0 aliphatic carbocycles. The maximum Gasteiger partial charge on any atom is 0.410 e. The number of thiazole rings is 1. The molecule has 1 unspecified atom stereocenters. The number of allylic oxidation sites excluding steroid dienone is 1. The number of esters is 1. The van der Waals surface area contributed by atoms with E-state index < -0.39 is 29.2 Å². The van der Waals surface area contributed by atoms with Crippen LogP contribution in [0.4, 0.5) is 13.6 Å². The molecule has 198 valence electrons. The van der Waals surface area contributed by atoms with Crippen molar-refractivity contribution in [2.45, 2.75) is 52.2 Å². The molecular weight excluding hydrogens is 502 g/mol. The summed E-state index contributed by atoms with van der Waals surface area (Å²) in [6.45, 7) is 7.77. The highest BCUT2D eigenvalue weighted by Crippen LogP contribution is 2.39. The summed E-state index contributed by atoms with van der Waals surface area (Å²) in [6.07, 6.45) is 2.36. The molecular formula is C26H30F2N4O4S. The Hall–Kier alpha value is -3.34. The van der Waals surface area contributed by atoms with Crippen molar-refractivity contribution in [3.8, 4) is 0 Å². The summed E-state index contributed by atoms with van der Waals surface area (Å²) >= 11 is 1.36. The smallest absolute Gasteiger partial charge is 0.410 e. The first-order chi connectivity index (χ1) is 17.5. The lowest BCUT2D eigenvalue weighted by Gasteiger charge is -2.37. The highest BCUT2D eigenvalue weighted by Gasteiger charge is 2.38. The minimum atomic E-state index is -0.988. The van der Waals surface area contributed by atoms with E-state index >= 15 is 0 Å². The van der Waals surface area contributed by atoms with E-state index in [9.17, 15) is 18.4 Å². The number of carbonyl (C=O) groups is 2. The molecule has 4 rings (SSSR count). The van der Waals surface area contributed by atoms with Crippen molar-refractivity contribution in [3.63, 3.8) is 0 Å². The number of ether oxygens (including phenoxy) is 2. The standard InChI is InChI=1S/C26H30F2N4O4S/c1-14-16(6-7-17(27)19(14)28)21-18(24(33)35-5)20(30-22(31-21)23-29-10-13-37-23)15-8-11-32(12-9-15)25(34)36-26(2,3)4/h6-7,10,13,15,21H,8-9,11-12H2,1-5H3,(H,30,31). The minimum absolute atomic E-state index is 0.0645. The fourth-order valence-electron chi connectivity index (χ4n) is 4.54. The molecule has 1 aromatic heterocycles. The van der Waals surface area contributed by atoms with Crippen LogP contribution in [0.5, 0.6) is 0 Å². The summed E-state index contributed by atoms with van der Waals surface area (Å²) < 4.78 is 39.2. The van der Waals surface area contributed by atoms with Crippen LogP contribution in [-0.4, -0.2) is 53.6 Å². The summed E-state index contributed by atoms with van der Waals surface area (Å²) in [7, 11) is 1.27. The number of amides is 1. The number of rotatable bonds is 4. The second kappa shape index (κ2) is 10.6. The van der Waals surface area contributed by atoms with Crippen LogP contribution < -0.4 is 5.32 Å². The highest BCUT2D eigenvalue weighted by atomic mass is 32.1. The van der Waals surface area contributed by atoms with Crippen LogP contribution in [0.25, 0.3) is 0 Å². The van der Waals surface area contributed by atoms with Gasteiger partial charge in [0.05, 0.1) is 12.7 Å². The predicted octanol–water partition coefficient (Wildman–Crippen LogP) is 4.90. The van der Waals surface area contributed by atoms with Crippen molar-refractivity contribution in [1.29, 1.82) is 0 Å². The SMILES string of the molecule is COC(=O)C1=C(C2CCN(C(=O)OC(C)(C)C)CC2)NC(c2nccs2)=NC1c1ccc(F)c(F)c1C. The zero-order valence-electron chi connectivity index (χ0n) is 21.4. The minimum Gasteiger partial charge on any atom is -0.466 e. The van der Waals surface area contributed by atoms with Gasteiger partial charge in [0.25, 0.3) is 0 Å². The van der Waals surface area contributed by atoms with Gasteiger partial charge in [-0.05, 0) is 57.7 Å². The summed E-state index contributed by atoms with van der Waals surface area (Å²) in [5.74, 6) is -2.29. The summed E-state index contributed by atoms with van der Waals surface area (Å²) in [6, 6.07) is 1.55. The third-order valence-corrected chi connectivity index (χ3v) is 7.13. The van der Waals surface area contributed by atoms with Crippen LogP contribution in [0.2, 0.25) is 0 Å². The summed E-state index contributed by atoms with van der Waals surface area (Å²) in [5.41, 5.74) is 0.638. The molecule has 2 aliphatic heterocycles. The van der Waals surface area contributed by atoms with Crippen LogP contribution >= 0.6 is 11.3 Å². The lowest BCUT2D eigenvalue weighted by atomic mass is 9.85. The zero-order chi connectivity index (χ0) is 26.9. The van der Waals surface area contributed by atoms with Gasteiger partial charge in [-0.2, -0.15) is 0 Å². The van der Waals surface area contributed by atoms with Gasteiger partial charge in [-0.3, -0.25) is 4.99 Å². The van der Waals surface area contributed by atoms with E-state index in [4.69, 9.17) is 14.5 Å². The molecule has 1 aromatic carbocycles. The Morgan fingerprint density at radius 2 is 1.89 bits per heavy atom. The second-order valence-electron chi connectivity index (χ2n) is 9.98. The summed E-state index contributed by atoms with van der Waals surface area (Å²) in [4.78, 5) is 36.4. The fraction of sp³-hybridized carbons (Fsp3) is 0.462. The Morgan fingerprint density at radius 3 is 2.49 bits per heavy atom. The number of hydrogen-bond acceptors (Lipinski definition) is 8. The van der Waals surface area contributed by atoms with Crippen molar-refractivity contribution >= 4 is 29.2 Å². The first kappa shape index (κ1) is 26.7. The molecule has 1 atom stereocenters. The first-order valence-electron chi connectivity index (χ1n) is 12.0. The van der Waals surface area contributed by atoms with Crippen molar-refractivity contribution in [3.05, 3.63) is 62.7 Å². The number of benzene rings is 1. The largest absolute Gasteiger partial charge is 0.466 e. The van der Waals surface area contributed by atoms with E-state index in [0.717, 1.165) is 6.07 Å². The van der Waals surface area contributed by atoms with Gasteiger partial charge in [-0.15, -0.1) is 11.3 Å². The Bertz CT molecular complexity index is 1250. The number of aliphatic imine (C=N–C) groups is 1. The number of likely N-dealkylation sites (tertiary alicyclic amines) is 1. The van der Waals surface area contributed by atoms with E-state index in [1.54, 1.807) is 16.5 Å². The molecule has 1 saturated heterocycles. The molecule has 11 heteroatoms. The maximum atomic E-state index is 14.6. The molecule has 0 saturated carbocycles. The molecule has 37 heavy (non-hydrogen) atoms. The molecule has 8 nitrogen and oxygen atoms in total. The first-order valence-corrected chi connectivity index (χ1v) is 12.9. The topological polar surface area (TPSA) is 93.1 Å². The second-order valence-corrected chi connectivity index (χ2v) is 10.9. The van der Waals surface area contributed by atoms with E-state index in [1.807, 2.05) is 20.8 Å². The zero-order valence-corrected chi connectivity index (χ0v) is 22.2. The number of aromatic nitrogens is 1. The Labute approximate surface area is 218 Å². The molecule has 3 heterocycles. The average Bonchev–Trinajstić information content (AvgIpc) is 3.40. The number of nitrogens with zero attached hydrogens (tertiary/aromatic N) is 3. The molecule has 0 radical (unpaired) electrons. The molecule has 1 amide bonds. The fourth-order valence-corrected chi connectivity index (χ4v) is 5.12. The van der Waals surface area contributed by atoms with Crippen LogP contribution in [0, 0.1) is 24.5 Å². The third-order valence-electron chi connectivity index (χ3n) is 6.35. The van der Waals surface area contributed by atoms with Crippen LogP contribution in [0.15, 0.2) is 40.0 Å². The molecule has 0 spiro atoms. The van der Waals surface area contributed by atoms with Gasteiger partial charge in [-0.25, -0.2) is 23.4 Å². The molecule has 2 aromatic rings. The molecule has 1 N–H and O–H groups in total. The Morgan fingerprint density at radius 1 is 1.19 bits per heavy atom. The number of amidine groups is 1. The number of methoxy groups -OCH3 is 1. The number of piperidine rings is 1. The van der Waals surface area contributed by atoms with E-state index in [-0.39, 0.29) is 23.1 Å². The van der Waals surface area contributed by atoms with Gasteiger partial charge in [-0.1, -0.05) is 6.07 Å². The Kier molecular flexibility index (Phi) is 7.63. The monoisotopic (exact) mass is 532 g/mol. The normalized spacial score (nSPS) is 18.8. The van der Waals surface area contributed by atoms with Crippen molar-refractivity contribution in [2.75, 3.05) is 20.2 Å². The van der Waals surface area contributed by atoms with Crippen molar-refractivity contribution in [1.82, 2.24) is 15.2 Å². The lowest BCUT2D eigenvalue weighted by molar-refractivity contribution is -0.136. The van der Waals surface area contributed by atoms with Crippen LogP contribution in [-0.2, 0) is 14.3 Å². The quantitative estimate of drug-likeness (QED) is 0.564. The van der Waals surface area contributed by atoms with Crippen molar-refractivity contribution in [2.24, 2.45) is 10.9 Å². The van der Waals surface area contributed by atoms with Gasteiger partial charge in [0.2, 0.25) is 0 Å². The highest BCUT2D eigenvalue weighted by molar-refractivity contribution is 7.11. The van der Waals surface area contributed by atoms with Gasteiger partial charge in [0.1, 0.15) is 11.6 Å². The number of halogens is 2. The third kappa shape index (κ3) is 5.66. The van der Waals surface area contributed by atoms with Gasteiger partial charge in [0, 0.05) is 36.3 Å². The number of hydrogen-bond donors (Lipinski definition) is 1. The molecule has 2 aliphatic rings. The number of carbonyl (C=O) groups excluding carboxylic acids is 2. The van der Waals surface area contributed by atoms with Gasteiger partial charge >= 0.3 is 12.1 Å². The van der Waals surface area contributed by atoms with E-state index in [1.165, 1.54) is 31.4 Å². The van der Waals surface area contributed by atoms with Crippen molar-refractivity contribution < 1.29 is 27.8 Å². The van der Waals surface area contributed by atoms with Gasteiger partial charge < -0.3 is 19.7 Å². The molecule has 0 bridgehead atoms.